The smallest absolute Gasteiger partial charge is 0.295 e. The van der Waals surface area contributed by atoms with E-state index in [1.165, 1.54) is 31.3 Å². The molecule has 3 rings (SSSR count). The first-order valence-corrected chi connectivity index (χ1v) is 10.9. The number of ketones is 1. The minimum absolute atomic E-state index is 0.0393. The predicted molar refractivity (Wildman–Crippen MR) is 124 cm³/mol. The van der Waals surface area contributed by atoms with Gasteiger partial charge in [0, 0.05) is 24.7 Å². The van der Waals surface area contributed by atoms with Crippen LogP contribution < -0.4 is 9.47 Å². The van der Waals surface area contributed by atoms with E-state index < -0.39 is 23.5 Å². The molecule has 0 bridgehead atoms. The molecule has 8 nitrogen and oxygen atoms in total. The monoisotopic (exact) mass is 454 g/mol. The van der Waals surface area contributed by atoms with Gasteiger partial charge in [0.15, 0.2) is 0 Å². The second-order valence-electron chi connectivity index (χ2n) is 7.64. The third kappa shape index (κ3) is 4.66. The number of carbonyl (C=O) groups excluding carboxylic acids is 2. The predicted octanol–water partition coefficient (Wildman–Crippen LogP) is 3.17. The Balaban J connectivity index is 2.17. The van der Waals surface area contributed by atoms with Gasteiger partial charge in [-0.15, -0.1) is 0 Å². The fourth-order valence-electron chi connectivity index (χ4n) is 4.10. The molecule has 1 aliphatic rings. The fraction of sp³-hybridized carbons (Fsp3) is 0.360. The van der Waals surface area contributed by atoms with Crippen molar-refractivity contribution in [2.45, 2.75) is 19.9 Å². The summed E-state index contributed by atoms with van der Waals surface area (Å²) in [5.41, 5.74) is 0.523. The van der Waals surface area contributed by atoms with Gasteiger partial charge < -0.3 is 29.5 Å². The molecule has 2 N–H and O–H groups in total. The number of ether oxygens (including phenoxy) is 2. The highest BCUT2D eigenvalue weighted by Gasteiger charge is 2.47. The molecule has 0 aromatic heterocycles. The van der Waals surface area contributed by atoms with E-state index in [0.29, 0.717) is 30.2 Å². The van der Waals surface area contributed by atoms with Gasteiger partial charge in [-0.25, -0.2) is 0 Å². The Morgan fingerprint density at radius 2 is 1.76 bits per heavy atom. The normalized spacial score (nSPS) is 17.6. The molecule has 1 aliphatic heterocycles. The Bertz CT molecular complexity index is 1060. The van der Waals surface area contributed by atoms with Crippen LogP contribution in [0.1, 0.15) is 31.0 Å². The number of likely N-dealkylation sites (N-methyl/N-ethyl adjacent to an activating group) is 1. The quantitative estimate of drug-likeness (QED) is 0.341. The molecule has 0 spiro atoms. The number of para-hydroxylation sites is 1. The summed E-state index contributed by atoms with van der Waals surface area (Å²) in [5, 5.41) is 21.6. The number of amides is 1. The van der Waals surface area contributed by atoms with Gasteiger partial charge in [0.25, 0.3) is 11.7 Å². The minimum Gasteiger partial charge on any atom is -0.507 e. The Labute approximate surface area is 193 Å². The average molecular weight is 455 g/mol. The van der Waals surface area contributed by atoms with Gasteiger partial charge in [0.05, 0.1) is 31.4 Å². The lowest BCUT2D eigenvalue weighted by Crippen LogP contribution is -2.38. The zero-order valence-corrected chi connectivity index (χ0v) is 19.4. The topological polar surface area (TPSA) is 99.5 Å². The van der Waals surface area contributed by atoms with E-state index in [0.717, 1.165) is 13.1 Å². The third-order valence-corrected chi connectivity index (χ3v) is 5.99. The molecule has 0 aliphatic carbocycles. The van der Waals surface area contributed by atoms with Crippen LogP contribution in [0.4, 0.5) is 0 Å². The number of aliphatic hydroxyl groups is 1. The van der Waals surface area contributed by atoms with Crippen LogP contribution in [0, 0.1) is 0 Å². The number of hydrogen-bond acceptors (Lipinski definition) is 7. The van der Waals surface area contributed by atoms with E-state index in [9.17, 15) is 19.8 Å². The van der Waals surface area contributed by atoms with Crippen molar-refractivity contribution < 1.29 is 29.3 Å². The van der Waals surface area contributed by atoms with Crippen molar-refractivity contribution in [3.8, 4) is 17.2 Å². The number of hydrogen-bond donors (Lipinski definition) is 2. The number of methoxy groups -OCH3 is 2. The SMILES string of the molecule is CCN(CC)CCN1C(=O)C(=O)C(=C(O)c2ccc(OC)cc2O)[C@H]1c1ccccc1OC. The van der Waals surface area contributed by atoms with Crippen molar-refractivity contribution in [3.63, 3.8) is 0 Å². The zero-order chi connectivity index (χ0) is 24.1. The number of nitrogens with zero attached hydrogens (tertiary/aromatic N) is 2. The molecular formula is C25H30N2O6. The number of rotatable bonds is 9. The summed E-state index contributed by atoms with van der Waals surface area (Å²) in [6, 6.07) is 10.6. The van der Waals surface area contributed by atoms with Crippen molar-refractivity contribution in [2.75, 3.05) is 40.4 Å². The maximum Gasteiger partial charge on any atom is 0.295 e. The second kappa shape index (κ2) is 10.4. The Hall–Kier alpha value is -3.52. The molecule has 33 heavy (non-hydrogen) atoms. The molecule has 1 heterocycles. The number of phenols is 1. The van der Waals surface area contributed by atoms with E-state index >= 15 is 0 Å². The number of likely N-dealkylation sites (tertiary alicyclic amines) is 1. The highest BCUT2D eigenvalue weighted by atomic mass is 16.5. The van der Waals surface area contributed by atoms with E-state index in [-0.39, 0.29) is 16.9 Å². The minimum atomic E-state index is -0.863. The first kappa shape index (κ1) is 24.1. The highest BCUT2D eigenvalue weighted by molar-refractivity contribution is 6.46. The summed E-state index contributed by atoms with van der Waals surface area (Å²) in [7, 11) is 2.97. The number of benzene rings is 2. The number of aliphatic hydroxyl groups excluding tert-OH is 1. The van der Waals surface area contributed by atoms with Gasteiger partial charge in [-0.3, -0.25) is 9.59 Å². The molecule has 0 unspecified atom stereocenters. The van der Waals surface area contributed by atoms with Crippen molar-refractivity contribution >= 4 is 17.4 Å². The zero-order valence-electron chi connectivity index (χ0n) is 19.4. The molecule has 1 amide bonds. The maximum atomic E-state index is 13.2. The number of aromatic hydroxyl groups is 1. The van der Waals surface area contributed by atoms with Crippen LogP contribution in [0.3, 0.4) is 0 Å². The van der Waals surface area contributed by atoms with Crippen LogP contribution in [0.2, 0.25) is 0 Å². The summed E-state index contributed by atoms with van der Waals surface area (Å²) in [6.45, 7) is 6.53. The lowest BCUT2D eigenvalue weighted by atomic mass is 9.94. The number of phenolic OH excluding ortho intramolecular Hbond substituents is 1. The molecule has 0 radical (unpaired) electrons. The second-order valence-corrected chi connectivity index (χ2v) is 7.64. The summed E-state index contributed by atoms with van der Waals surface area (Å²) < 4.78 is 10.6. The van der Waals surface area contributed by atoms with E-state index in [4.69, 9.17) is 9.47 Å². The molecule has 2 aromatic carbocycles. The van der Waals surface area contributed by atoms with Crippen LogP contribution in [-0.4, -0.2) is 72.1 Å². The Morgan fingerprint density at radius 3 is 2.36 bits per heavy atom. The molecule has 176 valence electrons. The van der Waals surface area contributed by atoms with Crippen LogP contribution in [-0.2, 0) is 9.59 Å². The van der Waals surface area contributed by atoms with Gasteiger partial charge in [-0.2, -0.15) is 0 Å². The fourth-order valence-corrected chi connectivity index (χ4v) is 4.10. The third-order valence-electron chi connectivity index (χ3n) is 5.99. The summed E-state index contributed by atoms with van der Waals surface area (Å²) >= 11 is 0. The lowest BCUT2D eigenvalue weighted by Gasteiger charge is -2.29. The molecule has 0 saturated carbocycles. The summed E-state index contributed by atoms with van der Waals surface area (Å²) in [5.74, 6) is -1.34. The van der Waals surface area contributed by atoms with Gasteiger partial charge in [-0.05, 0) is 31.3 Å². The summed E-state index contributed by atoms with van der Waals surface area (Å²) in [6.07, 6.45) is 0. The largest absolute Gasteiger partial charge is 0.507 e. The first-order chi connectivity index (χ1) is 15.9. The van der Waals surface area contributed by atoms with Crippen LogP contribution in [0.5, 0.6) is 17.2 Å². The Kier molecular flexibility index (Phi) is 7.60. The van der Waals surface area contributed by atoms with Crippen molar-refractivity contribution in [1.29, 1.82) is 0 Å². The van der Waals surface area contributed by atoms with E-state index in [2.05, 4.69) is 4.90 Å². The molecule has 1 atom stereocenters. The van der Waals surface area contributed by atoms with Crippen LogP contribution in [0.25, 0.3) is 5.76 Å². The van der Waals surface area contributed by atoms with Gasteiger partial charge >= 0.3 is 0 Å². The maximum absolute atomic E-state index is 13.2. The first-order valence-electron chi connectivity index (χ1n) is 10.9. The molecular weight excluding hydrogens is 424 g/mol. The van der Waals surface area contributed by atoms with Crippen LogP contribution in [0.15, 0.2) is 48.0 Å². The van der Waals surface area contributed by atoms with Crippen molar-refractivity contribution in [1.82, 2.24) is 9.80 Å². The Morgan fingerprint density at radius 1 is 1.06 bits per heavy atom. The van der Waals surface area contributed by atoms with Crippen molar-refractivity contribution in [2.24, 2.45) is 0 Å². The van der Waals surface area contributed by atoms with Gasteiger partial charge in [0.1, 0.15) is 23.0 Å². The highest BCUT2D eigenvalue weighted by Crippen LogP contribution is 2.43. The average Bonchev–Trinajstić information content (AvgIpc) is 3.08. The molecule has 8 heteroatoms. The summed E-state index contributed by atoms with van der Waals surface area (Å²) in [4.78, 5) is 29.9. The van der Waals surface area contributed by atoms with Gasteiger partial charge in [-0.1, -0.05) is 32.0 Å². The number of Topliss-reactive ketones (excluding diaryl/α,β-unsaturated/α-hetero) is 1. The van der Waals surface area contributed by atoms with E-state index in [1.54, 1.807) is 30.3 Å². The molecule has 1 fully saturated rings. The van der Waals surface area contributed by atoms with Gasteiger partial charge in [0.2, 0.25) is 0 Å². The standard InChI is InChI=1S/C25H30N2O6/c1-5-26(6-2)13-14-27-22(18-9-7-8-10-20(18)33-4)21(24(30)25(27)31)23(29)17-12-11-16(32-3)15-19(17)28/h7-12,15,22,28-29H,5-6,13-14H2,1-4H3/t22-/m1/s1. The molecule has 1 saturated heterocycles. The van der Waals surface area contributed by atoms with Crippen LogP contribution >= 0.6 is 0 Å². The lowest BCUT2D eigenvalue weighted by molar-refractivity contribution is -0.140. The molecule has 2 aromatic rings. The van der Waals surface area contributed by atoms with E-state index in [1.807, 2.05) is 13.8 Å². The van der Waals surface area contributed by atoms with Crippen molar-refractivity contribution in [3.05, 3.63) is 59.2 Å². The number of carbonyl (C=O) groups is 2.